The zero-order chi connectivity index (χ0) is 16.1. The minimum atomic E-state index is -0.400. The first-order chi connectivity index (χ1) is 11.2. The van der Waals surface area contributed by atoms with Crippen molar-refractivity contribution < 1.29 is 9.59 Å². The van der Waals surface area contributed by atoms with Gasteiger partial charge in [0.2, 0.25) is 5.91 Å². The summed E-state index contributed by atoms with van der Waals surface area (Å²) in [5.41, 5.74) is 1.77. The van der Waals surface area contributed by atoms with Gasteiger partial charge in [-0.25, -0.2) is 0 Å². The molecule has 0 aliphatic carbocycles. The normalized spacial score (nSPS) is 17.5. The highest BCUT2D eigenvalue weighted by Gasteiger charge is 2.32. The highest BCUT2D eigenvalue weighted by molar-refractivity contribution is 5.96. The average molecular weight is 311 g/mol. The summed E-state index contributed by atoms with van der Waals surface area (Å²) in [5, 5.41) is 2.81. The number of rotatable bonds is 6. The number of aromatic nitrogens is 1. The molecule has 1 saturated heterocycles. The van der Waals surface area contributed by atoms with E-state index in [1.165, 1.54) is 5.56 Å². The minimum Gasteiger partial charge on any atom is -0.357 e. The van der Waals surface area contributed by atoms with E-state index < -0.39 is 6.04 Å². The lowest BCUT2D eigenvalue weighted by atomic mass is 10.1. The van der Waals surface area contributed by atoms with E-state index in [1.54, 1.807) is 18.3 Å². The van der Waals surface area contributed by atoms with E-state index >= 15 is 0 Å². The molecule has 0 bridgehead atoms. The Bertz CT molecular complexity index is 652. The molecule has 120 valence electrons. The van der Waals surface area contributed by atoms with Gasteiger partial charge in [-0.3, -0.25) is 9.59 Å². The summed E-state index contributed by atoms with van der Waals surface area (Å²) >= 11 is 0. The maximum Gasteiger partial charge on any atom is 0.268 e. The van der Waals surface area contributed by atoms with Crippen LogP contribution in [0.1, 0.15) is 28.9 Å². The maximum atomic E-state index is 12.4. The second-order valence-electron chi connectivity index (χ2n) is 5.81. The Morgan fingerprint density at radius 2 is 2.04 bits per heavy atom. The van der Waals surface area contributed by atoms with Crippen LogP contribution in [0.25, 0.3) is 0 Å². The smallest absolute Gasteiger partial charge is 0.268 e. The molecule has 2 N–H and O–H groups in total. The Morgan fingerprint density at radius 1 is 1.22 bits per heavy atom. The molecule has 1 aliphatic rings. The molecule has 0 radical (unpaired) electrons. The lowest BCUT2D eigenvalue weighted by Gasteiger charge is -2.17. The van der Waals surface area contributed by atoms with E-state index in [0.29, 0.717) is 18.7 Å². The second kappa shape index (κ2) is 7.13. The van der Waals surface area contributed by atoms with Crippen LogP contribution in [0.15, 0.2) is 48.7 Å². The van der Waals surface area contributed by atoms with Crippen molar-refractivity contribution in [3.05, 3.63) is 59.9 Å². The number of likely N-dealkylation sites (tertiary alicyclic amines) is 1. The van der Waals surface area contributed by atoms with E-state index in [1.807, 2.05) is 23.1 Å². The SMILES string of the molecule is O=C(N[C@@H]1CCN(CCCc2ccccc2)C1=O)c1ccc[nH]1. The van der Waals surface area contributed by atoms with Crippen molar-refractivity contribution in [2.45, 2.75) is 25.3 Å². The number of carbonyl (C=O) groups excluding carboxylic acids is 2. The summed E-state index contributed by atoms with van der Waals surface area (Å²) in [7, 11) is 0. The van der Waals surface area contributed by atoms with Gasteiger partial charge in [-0.05, 0) is 37.0 Å². The number of carbonyl (C=O) groups is 2. The standard InChI is InChI=1S/C18H21N3O2/c22-17(15-9-4-11-19-15)20-16-10-13-21(18(16)23)12-5-8-14-6-2-1-3-7-14/h1-4,6-7,9,11,16,19H,5,8,10,12-13H2,(H,20,22)/t16-/m1/s1. The van der Waals surface area contributed by atoms with E-state index in [9.17, 15) is 9.59 Å². The zero-order valence-corrected chi connectivity index (χ0v) is 13.0. The monoisotopic (exact) mass is 311 g/mol. The first-order valence-electron chi connectivity index (χ1n) is 8.01. The topological polar surface area (TPSA) is 65.2 Å². The fraction of sp³-hybridized carbons (Fsp3) is 0.333. The van der Waals surface area contributed by atoms with Gasteiger partial charge >= 0.3 is 0 Å². The fourth-order valence-electron chi connectivity index (χ4n) is 2.92. The van der Waals surface area contributed by atoms with Gasteiger partial charge in [-0.1, -0.05) is 30.3 Å². The van der Waals surface area contributed by atoms with E-state index in [0.717, 1.165) is 19.4 Å². The fourth-order valence-corrected chi connectivity index (χ4v) is 2.92. The molecule has 1 aromatic heterocycles. The van der Waals surface area contributed by atoms with Gasteiger partial charge in [-0.2, -0.15) is 0 Å². The van der Waals surface area contributed by atoms with Crippen molar-refractivity contribution >= 4 is 11.8 Å². The molecule has 1 aromatic carbocycles. The van der Waals surface area contributed by atoms with E-state index in [-0.39, 0.29) is 11.8 Å². The molecule has 0 saturated carbocycles. The summed E-state index contributed by atoms with van der Waals surface area (Å²) < 4.78 is 0. The predicted octanol–water partition coefficient (Wildman–Crippen LogP) is 1.98. The van der Waals surface area contributed by atoms with Crippen molar-refractivity contribution in [2.75, 3.05) is 13.1 Å². The largest absolute Gasteiger partial charge is 0.357 e. The highest BCUT2D eigenvalue weighted by atomic mass is 16.2. The number of benzene rings is 1. The third kappa shape index (κ3) is 3.80. The summed E-state index contributed by atoms with van der Waals surface area (Å²) in [4.78, 5) is 29.1. The number of aromatic amines is 1. The summed E-state index contributed by atoms with van der Waals surface area (Å²) in [6, 6.07) is 13.3. The molecule has 1 fully saturated rings. The molecule has 0 spiro atoms. The number of H-pyrrole nitrogens is 1. The molecule has 23 heavy (non-hydrogen) atoms. The number of hydrogen-bond acceptors (Lipinski definition) is 2. The van der Waals surface area contributed by atoms with Crippen LogP contribution in [-0.4, -0.2) is 40.8 Å². The van der Waals surface area contributed by atoms with Crippen LogP contribution in [0.2, 0.25) is 0 Å². The molecule has 1 aliphatic heterocycles. The van der Waals surface area contributed by atoms with Gasteiger partial charge in [0.15, 0.2) is 0 Å². The van der Waals surface area contributed by atoms with Crippen molar-refractivity contribution in [1.29, 1.82) is 0 Å². The lowest BCUT2D eigenvalue weighted by Crippen LogP contribution is -2.41. The first-order valence-corrected chi connectivity index (χ1v) is 8.01. The van der Waals surface area contributed by atoms with Crippen LogP contribution in [-0.2, 0) is 11.2 Å². The summed E-state index contributed by atoms with van der Waals surface area (Å²) in [6.45, 7) is 1.45. The Hall–Kier alpha value is -2.56. The molecule has 5 heteroatoms. The van der Waals surface area contributed by atoms with Gasteiger partial charge in [-0.15, -0.1) is 0 Å². The Balaban J connectivity index is 1.46. The quantitative estimate of drug-likeness (QED) is 0.857. The minimum absolute atomic E-state index is 0.0259. The third-order valence-corrected chi connectivity index (χ3v) is 4.18. The molecule has 2 amide bonds. The lowest BCUT2D eigenvalue weighted by molar-refractivity contribution is -0.129. The summed E-state index contributed by atoms with van der Waals surface area (Å²) in [5.74, 6) is -0.197. The van der Waals surface area contributed by atoms with Gasteiger partial charge < -0.3 is 15.2 Å². The van der Waals surface area contributed by atoms with Crippen molar-refractivity contribution in [3.63, 3.8) is 0 Å². The highest BCUT2D eigenvalue weighted by Crippen LogP contribution is 2.13. The van der Waals surface area contributed by atoms with E-state index in [2.05, 4.69) is 22.4 Å². The predicted molar refractivity (Wildman–Crippen MR) is 88.0 cm³/mol. The van der Waals surface area contributed by atoms with Crippen LogP contribution < -0.4 is 5.32 Å². The van der Waals surface area contributed by atoms with Crippen LogP contribution in [0, 0.1) is 0 Å². The summed E-state index contributed by atoms with van der Waals surface area (Å²) in [6.07, 6.45) is 4.27. The molecule has 2 heterocycles. The number of amides is 2. The number of aryl methyl sites for hydroxylation is 1. The average Bonchev–Trinajstić information content (AvgIpc) is 3.21. The Kier molecular flexibility index (Phi) is 4.76. The van der Waals surface area contributed by atoms with Crippen LogP contribution in [0.3, 0.4) is 0 Å². The molecule has 1 atom stereocenters. The van der Waals surface area contributed by atoms with Gasteiger partial charge in [0.25, 0.3) is 5.91 Å². The van der Waals surface area contributed by atoms with Gasteiger partial charge in [0, 0.05) is 19.3 Å². The van der Waals surface area contributed by atoms with Crippen molar-refractivity contribution in [2.24, 2.45) is 0 Å². The number of nitrogens with one attached hydrogen (secondary N) is 2. The van der Waals surface area contributed by atoms with Crippen molar-refractivity contribution in [3.8, 4) is 0 Å². The number of nitrogens with zero attached hydrogens (tertiary/aromatic N) is 1. The molecular formula is C18H21N3O2. The molecule has 2 aromatic rings. The molecular weight excluding hydrogens is 290 g/mol. The van der Waals surface area contributed by atoms with E-state index in [4.69, 9.17) is 0 Å². The zero-order valence-electron chi connectivity index (χ0n) is 13.0. The number of hydrogen-bond donors (Lipinski definition) is 2. The first kappa shape index (κ1) is 15.3. The van der Waals surface area contributed by atoms with Gasteiger partial charge in [0.05, 0.1) is 0 Å². The Labute approximate surface area is 135 Å². The maximum absolute atomic E-state index is 12.4. The Morgan fingerprint density at radius 3 is 2.78 bits per heavy atom. The van der Waals surface area contributed by atoms with Gasteiger partial charge in [0.1, 0.15) is 11.7 Å². The third-order valence-electron chi connectivity index (χ3n) is 4.18. The van der Waals surface area contributed by atoms with Crippen LogP contribution in [0.4, 0.5) is 0 Å². The molecule has 3 rings (SSSR count). The van der Waals surface area contributed by atoms with Crippen LogP contribution >= 0.6 is 0 Å². The molecule has 0 unspecified atom stereocenters. The molecule has 5 nitrogen and oxygen atoms in total. The second-order valence-corrected chi connectivity index (χ2v) is 5.81. The van der Waals surface area contributed by atoms with Crippen molar-refractivity contribution in [1.82, 2.24) is 15.2 Å². The van der Waals surface area contributed by atoms with Crippen LogP contribution in [0.5, 0.6) is 0 Å².